The van der Waals surface area contributed by atoms with Gasteiger partial charge in [-0.15, -0.1) is 0 Å². The highest BCUT2D eigenvalue weighted by Crippen LogP contribution is 2.14. The second-order valence-corrected chi connectivity index (χ2v) is 6.05. The largest absolute Gasteiger partial charge is 0.473 e. The molecule has 0 unspecified atom stereocenters. The molecule has 3 N–H and O–H groups in total. The van der Waals surface area contributed by atoms with Crippen molar-refractivity contribution in [2.24, 2.45) is 5.14 Å². The first-order chi connectivity index (χ1) is 9.80. The Balaban J connectivity index is 2.29. The van der Waals surface area contributed by atoms with Gasteiger partial charge in [-0.1, -0.05) is 6.58 Å². The molecule has 6 nitrogen and oxygen atoms in total. The molecule has 0 fully saturated rings. The van der Waals surface area contributed by atoms with Crippen LogP contribution in [-0.2, 0) is 4.74 Å². The van der Waals surface area contributed by atoms with Crippen molar-refractivity contribution in [3.8, 4) is 5.88 Å². The van der Waals surface area contributed by atoms with Crippen molar-refractivity contribution in [1.82, 2.24) is 10.3 Å². The molecular weight excluding hydrogens is 290 g/mol. The molecule has 0 aromatic carbocycles. The summed E-state index contributed by atoms with van der Waals surface area (Å²) in [7, 11) is 0. The second kappa shape index (κ2) is 7.90. The van der Waals surface area contributed by atoms with E-state index in [2.05, 4.69) is 16.9 Å². The first kappa shape index (κ1) is 17.3. The number of rotatable bonds is 6. The lowest BCUT2D eigenvalue weighted by atomic mass is 10.2. The molecule has 1 amide bonds. The lowest BCUT2D eigenvalue weighted by Gasteiger charge is -2.20. The molecule has 7 heteroatoms. The van der Waals surface area contributed by atoms with E-state index in [4.69, 9.17) is 14.6 Å². The molecular formula is C14H21N3O3S. The molecule has 0 aliphatic heterocycles. The van der Waals surface area contributed by atoms with Gasteiger partial charge in [0, 0.05) is 23.7 Å². The van der Waals surface area contributed by atoms with Crippen molar-refractivity contribution in [3.63, 3.8) is 0 Å². The minimum absolute atomic E-state index is 0.262. The van der Waals surface area contributed by atoms with Crippen molar-refractivity contribution in [3.05, 3.63) is 30.5 Å². The molecule has 1 aromatic heterocycles. The zero-order valence-electron chi connectivity index (χ0n) is 12.5. The van der Waals surface area contributed by atoms with Crippen LogP contribution in [-0.4, -0.2) is 29.8 Å². The van der Waals surface area contributed by atoms with E-state index < -0.39 is 11.7 Å². The number of pyridine rings is 1. The Morgan fingerprint density at radius 1 is 1.48 bits per heavy atom. The molecule has 0 atom stereocenters. The fourth-order valence-electron chi connectivity index (χ4n) is 1.26. The third-order valence-electron chi connectivity index (χ3n) is 2.15. The van der Waals surface area contributed by atoms with Gasteiger partial charge < -0.3 is 14.8 Å². The Labute approximate surface area is 129 Å². The molecule has 0 aliphatic carbocycles. The predicted octanol–water partition coefficient (Wildman–Crippen LogP) is 2.51. The Morgan fingerprint density at radius 2 is 2.19 bits per heavy atom. The van der Waals surface area contributed by atoms with E-state index in [0.29, 0.717) is 11.5 Å². The van der Waals surface area contributed by atoms with Gasteiger partial charge in [0.1, 0.15) is 12.2 Å². The molecule has 1 rings (SSSR count). The van der Waals surface area contributed by atoms with Crippen LogP contribution in [0.1, 0.15) is 20.8 Å². The second-order valence-electron chi connectivity index (χ2n) is 5.34. The van der Waals surface area contributed by atoms with Gasteiger partial charge in [0.15, 0.2) is 0 Å². The van der Waals surface area contributed by atoms with Crippen LogP contribution >= 0.6 is 11.9 Å². The highest BCUT2D eigenvalue weighted by atomic mass is 32.2. The van der Waals surface area contributed by atoms with Crippen molar-refractivity contribution in [2.45, 2.75) is 31.3 Å². The average molecular weight is 311 g/mol. The van der Waals surface area contributed by atoms with Crippen LogP contribution in [0, 0.1) is 0 Å². The number of nitrogens with zero attached hydrogens (tertiary/aromatic N) is 1. The topological polar surface area (TPSA) is 86.5 Å². The highest BCUT2D eigenvalue weighted by molar-refractivity contribution is 7.97. The summed E-state index contributed by atoms with van der Waals surface area (Å²) in [5.41, 5.74) is 0.189. The monoisotopic (exact) mass is 311 g/mol. The summed E-state index contributed by atoms with van der Waals surface area (Å²) in [5.74, 6) is 0.478. The van der Waals surface area contributed by atoms with E-state index in [1.807, 2.05) is 6.07 Å². The lowest BCUT2D eigenvalue weighted by Crippen LogP contribution is -2.34. The fraction of sp³-hybridized carbons (Fsp3) is 0.429. The quantitative estimate of drug-likeness (QED) is 0.620. The molecule has 116 valence electrons. The van der Waals surface area contributed by atoms with Gasteiger partial charge >= 0.3 is 6.09 Å². The molecule has 21 heavy (non-hydrogen) atoms. The minimum atomic E-state index is -0.519. The van der Waals surface area contributed by atoms with Gasteiger partial charge in [-0.05, 0) is 44.4 Å². The van der Waals surface area contributed by atoms with Gasteiger partial charge in [0.25, 0.3) is 0 Å². The summed E-state index contributed by atoms with van der Waals surface area (Å²) in [5, 5.41) is 8.02. The molecule has 0 saturated carbocycles. The number of carbonyl (C=O) groups excluding carboxylic acids is 1. The molecule has 0 spiro atoms. The number of hydrogen-bond acceptors (Lipinski definition) is 6. The number of alkyl carbamates (subject to hydrolysis) is 1. The number of carbonyl (C=O) groups is 1. The fourth-order valence-corrected chi connectivity index (χ4v) is 1.52. The summed E-state index contributed by atoms with van der Waals surface area (Å²) in [6.07, 6.45) is 1.15. The van der Waals surface area contributed by atoms with Crippen LogP contribution in [0.4, 0.5) is 4.79 Å². The van der Waals surface area contributed by atoms with Gasteiger partial charge in [-0.3, -0.25) is 5.14 Å². The van der Waals surface area contributed by atoms with Crippen LogP contribution in [0.5, 0.6) is 5.88 Å². The van der Waals surface area contributed by atoms with Crippen LogP contribution in [0.3, 0.4) is 0 Å². The maximum atomic E-state index is 11.5. The maximum absolute atomic E-state index is 11.5. The van der Waals surface area contributed by atoms with Crippen molar-refractivity contribution < 1.29 is 14.3 Å². The first-order valence-corrected chi connectivity index (χ1v) is 7.27. The average Bonchev–Trinajstić information content (AvgIpc) is 2.41. The molecule has 0 radical (unpaired) electrons. The summed E-state index contributed by atoms with van der Waals surface area (Å²) < 4.78 is 10.6. The van der Waals surface area contributed by atoms with Crippen LogP contribution < -0.4 is 15.2 Å². The Kier molecular flexibility index (Phi) is 6.51. The first-order valence-electron chi connectivity index (χ1n) is 6.39. The number of nitrogens with two attached hydrogens (primary N) is 1. The number of nitrogens with one attached hydrogen (secondary N) is 1. The van der Waals surface area contributed by atoms with E-state index in [1.54, 1.807) is 33.0 Å². The Morgan fingerprint density at radius 3 is 2.71 bits per heavy atom. The van der Waals surface area contributed by atoms with E-state index in [0.717, 1.165) is 16.8 Å². The van der Waals surface area contributed by atoms with E-state index in [9.17, 15) is 4.79 Å². The zero-order chi connectivity index (χ0) is 15.9. The van der Waals surface area contributed by atoms with E-state index in [1.165, 1.54) is 0 Å². The number of ether oxygens (including phenoxy) is 2. The standard InChI is InChI=1S/C14H21N3O3S/c1-10(7-17-13(18)20-14(2,3)4)9-19-12-6-5-11(21-15)8-16-12/h5-6,8H,1,7,9,15H2,2-4H3,(H,17,18). The SMILES string of the molecule is C=C(CNC(=O)OC(C)(C)C)COc1ccc(SN)cn1. The van der Waals surface area contributed by atoms with Crippen molar-refractivity contribution >= 4 is 18.0 Å². The van der Waals surface area contributed by atoms with Crippen LogP contribution in [0.15, 0.2) is 35.4 Å². The van der Waals surface area contributed by atoms with Gasteiger partial charge in [-0.2, -0.15) is 0 Å². The molecule has 0 saturated heterocycles. The molecule has 1 aromatic rings. The van der Waals surface area contributed by atoms with Crippen molar-refractivity contribution in [1.29, 1.82) is 0 Å². The zero-order valence-corrected chi connectivity index (χ0v) is 13.3. The van der Waals surface area contributed by atoms with Gasteiger partial charge in [0.05, 0.1) is 0 Å². The normalized spacial score (nSPS) is 10.9. The smallest absolute Gasteiger partial charge is 0.407 e. The summed E-state index contributed by atoms with van der Waals surface area (Å²) in [6, 6.07) is 3.54. The minimum Gasteiger partial charge on any atom is -0.473 e. The van der Waals surface area contributed by atoms with Gasteiger partial charge in [0.2, 0.25) is 5.88 Å². The van der Waals surface area contributed by atoms with Crippen molar-refractivity contribution in [2.75, 3.05) is 13.2 Å². The summed E-state index contributed by atoms with van der Waals surface area (Å²) in [6.45, 7) is 9.79. The third kappa shape index (κ3) is 7.57. The molecule has 0 aliphatic rings. The number of hydrogen-bond donors (Lipinski definition) is 2. The lowest BCUT2D eigenvalue weighted by molar-refractivity contribution is 0.0532. The Hall–Kier alpha value is -1.73. The highest BCUT2D eigenvalue weighted by Gasteiger charge is 2.15. The molecule has 0 bridgehead atoms. The molecule has 1 heterocycles. The summed E-state index contributed by atoms with van der Waals surface area (Å²) >= 11 is 1.12. The predicted molar refractivity (Wildman–Crippen MR) is 83.2 cm³/mol. The third-order valence-corrected chi connectivity index (χ3v) is 2.66. The van der Waals surface area contributed by atoms with E-state index in [-0.39, 0.29) is 13.2 Å². The maximum Gasteiger partial charge on any atom is 0.407 e. The number of amides is 1. The van der Waals surface area contributed by atoms with Gasteiger partial charge in [-0.25, -0.2) is 9.78 Å². The summed E-state index contributed by atoms with van der Waals surface area (Å²) in [4.78, 5) is 16.4. The number of aromatic nitrogens is 1. The van der Waals surface area contributed by atoms with Crippen LogP contribution in [0.25, 0.3) is 0 Å². The van der Waals surface area contributed by atoms with Crippen LogP contribution in [0.2, 0.25) is 0 Å². The van der Waals surface area contributed by atoms with E-state index >= 15 is 0 Å². The Bertz CT molecular complexity index is 483.